The van der Waals surface area contributed by atoms with Crippen molar-refractivity contribution in [3.8, 4) is 5.75 Å². The molecule has 1 heterocycles. The van der Waals surface area contributed by atoms with Crippen LogP contribution in [0, 0.1) is 13.1 Å². The number of halogens is 1. The molecule has 16 heavy (non-hydrogen) atoms. The van der Waals surface area contributed by atoms with Gasteiger partial charge < -0.3 is 4.74 Å². The molecular formula is C13H11BrNO. The van der Waals surface area contributed by atoms with Crippen molar-refractivity contribution in [2.75, 3.05) is 0 Å². The van der Waals surface area contributed by atoms with Gasteiger partial charge >= 0.3 is 0 Å². The SMILES string of the molecule is Cc1ccc(OCc2ccc(Br)cc2)[c]n1. The number of pyridine rings is 1. The smallest absolute Gasteiger partial charge is 0.147 e. The zero-order chi connectivity index (χ0) is 11.4. The zero-order valence-corrected chi connectivity index (χ0v) is 10.5. The van der Waals surface area contributed by atoms with Crippen LogP contribution in [0.4, 0.5) is 0 Å². The van der Waals surface area contributed by atoms with Gasteiger partial charge in [-0.15, -0.1) is 0 Å². The molecular weight excluding hydrogens is 266 g/mol. The lowest BCUT2D eigenvalue weighted by molar-refractivity contribution is 0.304. The summed E-state index contributed by atoms with van der Waals surface area (Å²) < 4.78 is 6.62. The Kier molecular flexibility index (Phi) is 3.57. The zero-order valence-electron chi connectivity index (χ0n) is 8.90. The summed E-state index contributed by atoms with van der Waals surface area (Å²) in [7, 11) is 0. The second-order valence-corrected chi connectivity index (χ2v) is 4.39. The summed E-state index contributed by atoms with van der Waals surface area (Å²) in [5.41, 5.74) is 2.06. The Balaban J connectivity index is 1.97. The van der Waals surface area contributed by atoms with E-state index in [1.54, 1.807) is 0 Å². The lowest BCUT2D eigenvalue weighted by atomic mass is 10.2. The third-order valence-corrected chi connectivity index (χ3v) is 2.65. The number of rotatable bonds is 3. The van der Waals surface area contributed by atoms with Crippen molar-refractivity contribution in [1.82, 2.24) is 4.98 Å². The molecule has 0 saturated heterocycles. The normalized spacial score (nSPS) is 10.1. The summed E-state index contributed by atoms with van der Waals surface area (Å²) in [4.78, 5) is 4.05. The maximum atomic E-state index is 5.55. The molecule has 81 valence electrons. The molecule has 2 nitrogen and oxygen atoms in total. The molecule has 0 aliphatic carbocycles. The first-order valence-corrected chi connectivity index (χ1v) is 5.76. The molecule has 0 bridgehead atoms. The van der Waals surface area contributed by atoms with Gasteiger partial charge in [0.25, 0.3) is 0 Å². The van der Waals surface area contributed by atoms with Crippen molar-refractivity contribution in [2.24, 2.45) is 0 Å². The Morgan fingerprint density at radius 3 is 2.56 bits per heavy atom. The number of nitrogens with zero attached hydrogens (tertiary/aromatic N) is 1. The average Bonchev–Trinajstić information content (AvgIpc) is 2.30. The van der Waals surface area contributed by atoms with Gasteiger partial charge in [0.15, 0.2) is 0 Å². The van der Waals surface area contributed by atoms with E-state index in [0.717, 1.165) is 15.7 Å². The van der Waals surface area contributed by atoms with Crippen LogP contribution in [0.5, 0.6) is 5.75 Å². The van der Waals surface area contributed by atoms with E-state index in [2.05, 4.69) is 27.1 Å². The van der Waals surface area contributed by atoms with Crippen LogP contribution in [0.25, 0.3) is 0 Å². The Bertz CT molecular complexity index is 405. The summed E-state index contributed by atoms with van der Waals surface area (Å²) in [6, 6.07) is 11.8. The van der Waals surface area contributed by atoms with Crippen molar-refractivity contribution in [3.63, 3.8) is 0 Å². The minimum absolute atomic E-state index is 0.536. The predicted octanol–water partition coefficient (Wildman–Crippen LogP) is 3.53. The van der Waals surface area contributed by atoms with Crippen molar-refractivity contribution < 1.29 is 4.74 Å². The third kappa shape index (κ3) is 3.07. The van der Waals surface area contributed by atoms with Gasteiger partial charge in [-0.3, -0.25) is 0 Å². The van der Waals surface area contributed by atoms with E-state index in [4.69, 9.17) is 4.74 Å². The molecule has 0 spiro atoms. The molecule has 0 atom stereocenters. The third-order valence-electron chi connectivity index (χ3n) is 2.13. The van der Waals surface area contributed by atoms with Crippen molar-refractivity contribution in [1.29, 1.82) is 0 Å². The number of ether oxygens (including phenoxy) is 1. The first-order valence-electron chi connectivity index (χ1n) is 4.96. The number of hydrogen-bond acceptors (Lipinski definition) is 2. The van der Waals surface area contributed by atoms with Gasteiger partial charge in [-0.25, -0.2) is 4.98 Å². The minimum Gasteiger partial charge on any atom is -0.487 e. The Hall–Kier alpha value is -1.35. The Morgan fingerprint density at radius 2 is 1.94 bits per heavy atom. The van der Waals surface area contributed by atoms with Gasteiger partial charge in [-0.2, -0.15) is 0 Å². The highest BCUT2D eigenvalue weighted by Crippen LogP contribution is 2.13. The summed E-state index contributed by atoms with van der Waals surface area (Å²) in [5, 5.41) is 0. The summed E-state index contributed by atoms with van der Waals surface area (Å²) >= 11 is 3.39. The van der Waals surface area contributed by atoms with Crippen LogP contribution in [-0.4, -0.2) is 4.98 Å². The van der Waals surface area contributed by atoms with Crippen LogP contribution in [0.1, 0.15) is 11.3 Å². The molecule has 0 saturated carbocycles. The predicted molar refractivity (Wildman–Crippen MR) is 66.3 cm³/mol. The van der Waals surface area contributed by atoms with Gasteiger partial charge in [-0.05, 0) is 36.8 Å². The van der Waals surface area contributed by atoms with Crippen LogP contribution < -0.4 is 4.74 Å². The highest BCUT2D eigenvalue weighted by Gasteiger charge is 1.97. The standard InChI is InChI=1S/C13H11BrNO/c1-10-2-7-13(8-15-10)16-9-11-3-5-12(14)6-4-11/h2-7H,9H2,1H3. The van der Waals surface area contributed by atoms with E-state index in [0.29, 0.717) is 12.4 Å². The Labute approximate surface area is 103 Å². The monoisotopic (exact) mass is 276 g/mol. The molecule has 0 amide bonds. The van der Waals surface area contributed by atoms with Crippen molar-refractivity contribution >= 4 is 15.9 Å². The first-order chi connectivity index (χ1) is 7.74. The van der Waals surface area contributed by atoms with Crippen LogP contribution in [-0.2, 0) is 6.61 Å². The quantitative estimate of drug-likeness (QED) is 0.856. The second kappa shape index (κ2) is 5.12. The number of aromatic nitrogens is 1. The van der Waals surface area contributed by atoms with E-state index < -0.39 is 0 Å². The fourth-order valence-corrected chi connectivity index (χ4v) is 1.50. The lowest BCUT2D eigenvalue weighted by Crippen LogP contribution is -1.96. The van der Waals surface area contributed by atoms with Gasteiger partial charge in [0.1, 0.15) is 18.6 Å². The fourth-order valence-electron chi connectivity index (χ4n) is 1.24. The summed E-state index contributed by atoms with van der Waals surface area (Å²) in [6.45, 7) is 2.46. The summed E-state index contributed by atoms with van der Waals surface area (Å²) in [6.07, 6.45) is 2.84. The number of hydrogen-bond donors (Lipinski definition) is 0. The van der Waals surface area contributed by atoms with E-state index in [9.17, 15) is 0 Å². The molecule has 0 fully saturated rings. The molecule has 1 aromatic heterocycles. The van der Waals surface area contributed by atoms with E-state index in [1.165, 1.54) is 0 Å². The molecule has 1 radical (unpaired) electrons. The minimum atomic E-state index is 0.536. The highest BCUT2D eigenvalue weighted by molar-refractivity contribution is 9.10. The molecule has 0 aliphatic heterocycles. The van der Waals surface area contributed by atoms with E-state index >= 15 is 0 Å². The molecule has 1 aromatic carbocycles. The molecule has 2 aromatic rings. The van der Waals surface area contributed by atoms with Crippen LogP contribution in [0.2, 0.25) is 0 Å². The van der Waals surface area contributed by atoms with Crippen LogP contribution in [0.15, 0.2) is 40.9 Å². The maximum Gasteiger partial charge on any atom is 0.147 e. The Morgan fingerprint density at radius 1 is 1.19 bits per heavy atom. The van der Waals surface area contributed by atoms with Gasteiger partial charge in [-0.1, -0.05) is 28.1 Å². The number of benzene rings is 1. The maximum absolute atomic E-state index is 5.55. The molecule has 0 N–H and O–H groups in total. The first kappa shape index (κ1) is 11.1. The molecule has 0 aliphatic rings. The molecule has 3 heteroatoms. The second-order valence-electron chi connectivity index (χ2n) is 3.48. The van der Waals surface area contributed by atoms with Crippen LogP contribution >= 0.6 is 15.9 Å². The lowest BCUT2D eigenvalue weighted by Gasteiger charge is -2.05. The topological polar surface area (TPSA) is 22.1 Å². The molecule has 2 rings (SSSR count). The van der Waals surface area contributed by atoms with Gasteiger partial charge in [0.2, 0.25) is 0 Å². The largest absolute Gasteiger partial charge is 0.487 e. The molecule has 0 unspecified atom stereocenters. The van der Waals surface area contributed by atoms with E-state index in [-0.39, 0.29) is 0 Å². The van der Waals surface area contributed by atoms with Gasteiger partial charge in [0, 0.05) is 10.2 Å². The average molecular weight is 277 g/mol. The van der Waals surface area contributed by atoms with Crippen molar-refractivity contribution in [2.45, 2.75) is 13.5 Å². The van der Waals surface area contributed by atoms with Crippen LogP contribution in [0.3, 0.4) is 0 Å². The summed E-state index contributed by atoms with van der Waals surface area (Å²) in [5.74, 6) is 0.675. The van der Waals surface area contributed by atoms with Gasteiger partial charge in [0.05, 0.1) is 0 Å². The highest BCUT2D eigenvalue weighted by atomic mass is 79.9. The van der Waals surface area contributed by atoms with E-state index in [1.807, 2.05) is 43.3 Å². The fraction of sp³-hybridized carbons (Fsp3) is 0.154. The number of aryl methyl sites for hydroxylation is 1. The van der Waals surface area contributed by atoms with Crippen molar-refractivity contribution in [3.05, 3.63) is 58.3 Å².